The minimum Gasteiger partial charge on any atom is -0.355 e. The van der Waals surface area contributed by atoms with Gasteiger partial charge in [0.25, 0.3) is 5.92 Å². The van der Waals surface area contributed by atoms with Crippen LogP contribution in [0.15, 0.2) is 18.2 Å². The summed E-state index contributed by atoms with van der Waals surface area (Å²) in [6.07, 6.45) is 5.00. The molecule has 0 spiro atoms. The number of nitrogens with one attached hydrogen (secondary N) is 3. The summed E-state index contributed by atoms with van der Waals surface area (Å²) >= 11 is 6.15. The van der Waals surface area contributed by atoms with Crippen LogP contribution in [0.5, 0.6) is 0 Å². The highest BCUT2D eigenvalue weighted by molar-refractivity contribution is 6.31. The summed E-state index contributed by atoms with van der Waals surface area (Å²) in [4.78, 5) is 190. The van der Waals surface area contributed by atoms with Crippen molar-refractivity contribution in [1.29, 1.82) is 0 Å². The fourth-order valence-corrected chi connectivity index (χ4v) is 15.8. The van der Waals surface area contributed by atoms with E-state index in [4.69, 9.17) is 11.6 Å². The molecule has 1 aromatic carbocycles. The first-order chi connectivity index (χ1) is 50.9. The molecule has 31 heteroatoms. The third-order valence-corrected chi connectivity index (χ3v) is 22.9. The number of hydrogen-bond acceptors (Lipinski definition) is 13. The molecule has 0 unspecified atom stereocenters. The molecular weight excluding hydrogens is 1430 g/mol. The maximum Gasteiger partial charge on any atom is 0.417 e. The van der Waals surface area contributed by atoms with Gasteiger partial charge in [-0.05, 0) is 125 Å². The summed E-state index contributed by atoms with van der Waals surface area (Å²) in [6, 6.07) is -4.38. The predicted octanol–water partition coefficient (Wildman–Crippen LogP) is 7.24. The van der Waals surface area contributed by atoms with Crippen LogP contribution in [-0.2, 0) is 70.1 Å². The van der Waals surface area contributed by atoms with Crippen molar-refractivity contribution >= 4 is 82.5 Å². The minimum absolute atomic E-state index is 0.0104. The van der Waals surface area contributed by atoms with Crippen LogP contribution in [0.1, 0.15) is 193 Å². The first-order valence-electron chi connectivity index (χ1n) is 39.1. The van der Waals surface area contributed by atoms with Crippen molar-refractivity contribution in [2.75, 3.05) is 121 Å². The number of halogens is 6. The fraction of sp³-hybridized carbons (Fsp3) is 0.766. The Kier molecular flexibility index (Phi) is 35.1. The molecule has 2 aliphatic carbocycles. The van der Waals surface area contributed by atoms with Crippen LogP contribution in [0.2, 0.25) is 5.02 Å². The Morgan fingerprint density at radius 2 is 1.21 bits per heavy atom. The Labute approximate surface area is 640 Å². The van der Waals surface area contributed by atoms with E-state index in [2.05, 4.69) is 16.0 Å². The molecule has 6 rings (SSSR count). The molecule has 2 saturated carbocycles. The number of rotatable bonds is 15. The van der Waals surface area contributed by atoms with Gasteiger partial charge in [0.15, 0.2) is 0 Å². The van der Waals surface area contributed by atoms with Gasteiger partial charge >= 0.3 is 6.18 Å². The zero-order chi connectivity index (χ0) is 79.9. The summed E-state index contributed by atoms with van der Waals surface area (Å²) in [5, 5.41) is 7.84. The van der Waals surface area contributed by atoms with Gasteiger partial charge in [0.2, 0.25) is 70.9 Å². The second-order valence-electron chi connectivity index (χ2n) is 31.4. The molecule has 3 saturated heterocycles. The molecule has 5 fully saturated rings. The van der Waals surface area contributed by atoms with Crippen LogP contribution >= 0.6 is 11.6 Å². The molecule has 3 heterocycles. The van der Waals surface area contributed by atoms with E-state index in [-0.39, 0.29) is 120 Å². The van der Waals surface area contributed by atoms with Gasteiger partial charge in [0, 0.05) is 108 Å². The zero-order valence-corrected chi connectivity index (χ0v) is 66.4. The second-order valence-corrected chi connectivity index (χ2v) is 31.8. The molecule has 1 aromatic rings. The number of hydrogen-bond donors (Lipinski definition) is 3. The maximum atomic E-state index is 15.4. The molecule has 25 nitrogen and oxygen atoms in total. The number of carbonyl (C=O) groups excluding carboxylic acids is 12. The topological polar surface area (TPSA) is 273 Å². The lowest BCUT2D eigenvalue weighted by Gasteiger charge is -2.41. The third kappa shape index (κ3) is 26.5. The normalized spacial score (nSPS) is 25.4. The van der Waals surface area contributed by atoms with Gasteiger partial charge in [0.1, 0.15) is 36.3 Å². The molecule has 3 N–H and O–H groups in total. The van der Waals surface area contributed by atoms with Gasteiger partial charge in [-0.15, -0.1) is 0 Å². The molecular formula is C77H121ClF5N13O12. The lowest BCUT2D eigenvalue weighted by atomic mass is 9.82. The van der Waals surface area contributed by atoms with Crippen LogP contribution in [-0.4, -0.2) is 283 Å². The monoisotopic (exact) mass is 1550 g/mol. The van der Waals surface area contributed by atoms with Crippen molar-refractivity contribution in [2.24, 2.45) is 23.7 Å². The second kappa shape index (κ2) is 42.2. The average molecular weight is 1550 g/mol. The molecule has 3 aliphatic heterocycles. The highest BCUT2D eigenvalue weighted by atomic mass is 35.5. The van der Waals surface area contributed by atoms with E-state index in [1.165, 1.54) is 72.9 Å². The SMILES string of the molecule is CC[C@H](C)[C@@H]1NC(=O)[C@H](CC(C)C)N(C)C(=O)C[C@@H](C(=O)N2CCCCC2)N(C)C(=O)[C@H](C2CCCCC2)N(C)C(=O)CCCCNC(=O)CN(CCCN2CCC(F)(F)CC2)C(=O)[C@H](CCc2ccc(C(F)(F)F)c(Cl)c2)NC(=O)CN(C)C(=O)[C@H](CC2CCCCC2)N(C)C(=O)CN(C)C(=O)CN(C)C1=O. The number of aryl methyl sites for hydroxylation is 1. The zero-order valence-electron chi connectivity index (χ0n) is 65.6. The molecule has 608 valence electrons. The van der Waals surface area contributed by atoms with E-state index < -0.39 is 168 Å². The number of benzene rings is 1. The Balaban J connectivity index is 1.37. The van der Waals surface area contributed by atoms with E-state index in [9.17, 15) is 69.9 Å². The molecule has 5 aliphatic rings. The number of carbonyl (C=O) groups is 12. The highest BCUT2D eigenvalue weighted by Gasteiger charge is 2.45. The van der Waals surface area contributed by atoms with Crippen LogP contribution in [0.25, 0.3) is 0 Å². The van der Waals surface area contributed by atoms with E-state index in [0.717, 1.165) is 84.6 Å². The van der Waals surface area contributed by atoms with Gasteiger partial charge in [-0.25, -0.2) is 8.78 Å². The van der Waals surface area contributed by atoms with Crippen LogP contribution in [0.4, 0.5) is 22.0 Å². The summed E-state index contributed by atoms with van der Waals surface area (Å²) < 4.78 is 70.3. The van der Waals surface area contributed by atoms with Crippen LogP contribution < -0.4 is 16.0 Å². The number of piperidine rings is 2. The van der Waals surface area contributed by atoms with Crippen molar-refractivity contribution < 1.29 is 79.5 Å². The first kappa shape index (κ1) is 89.7. The molecule has 12 amide bonds. The van der Waals surface area contributed by atoms with Gasteiger partial charge in [-0.1, -0.05) is 103 Å². The molecule has 108 heavy (non-hydrogen) atoms. The van der Waals surface area contributed by atoms with Gasteiger partial charge in [-0.3, -0.25) is 57.5 Å². The maximum absolute atomic E-state index is 15.4. The van der Waals surface area contributed by atoms with Crippen LogP contribution in [0.3, 0.4) is 0 Å². The summed E-state index contributed by atoms with van der Waals surface area (Å²) in [6.45, 7) is 6.01. The van der Waals surface area contributed by atoms with Crippen molar-refractivity contribution in [2.45, 2.75) is 237 Å². The third-order valence-electron chi connectivity index (χ3n) is 22.6. The Bertz CT molecular complexity index is 3230. The fourth-order valence-electron chi connectivity index (χ4n) is 15.5. The first-order valence-corrected chi connectivity index (χ1v) is 39.5. The molecule has 0 aromatic heterocycles. The Morgan fingerprint density at radius 1 is 0.611 bits per heavy atom. The van der Waals surface area contributed by atoms with Gasteiger partial charge in [0.05, 0.1) is 43.2 Å². The minimum atomic E-state index is -4.79. The van der Waals surface area contributed by atoms with Gasteiger partial charge < -0.3 is 64.9 Å². The lowest BCUT2D eigenvalue weighted by Crippen LogP contribution is -2.60. The predicted molar refractivity (Wildman–Crippen MR) is 398 cm³/mol. The van der Waals surface area contributed by atoms with Crippen molar-refractivity contribution in [3.63, 3.8) is 0 Å². The molecule has 0 radical (unpaired) electrons. The lowest BCUT2D eigenvalue weighted by molar-refractivity contribution is -0.155. The summed E-state index contributed by atoms with van der Waals surface area (Å²) in [5.41, 5.74) is -0.835. The van der Waals surface area contributed by atoms with Crippen molar-refractivity contribution in [3.8, 4) is 0 Å². The van der Waals surface area contributed by atoms with Crippen molar-refractivity contribution in [3.05, 3.63) is 34.3 Å². The Morgan fingerprint density at radius 3 is 1.82 bits per heavy atom. The average Bonchev–Trinajstić information content (AvgIpc) is 0.805. The van der Waals surface area contributed by atoms with E-state index in [1.54, 1.807) is 18.9 Å². The smallest absolute Gasteiger partial charge is 0.355 e. The number of amides is 12. The standard InChI is InChI=1S/C77H121ClF5N13O12/c1-12-52(4)68-74(107)89(7)49-66(101)87(5)50-67(102)91(9)60(45-53-25-16-13-17-26-53)72(105)88(6)47-63(98)85-58(33-31-54-30-32-56(57(78)44-54)77(81,82)83)71(104)96(40-24-37-94-41-34-76(79,80)35-42-94)48-62(97)84-36-21-20-29-64(99)93(11)69(55-27-18-14-19-28-55)75(108)92(10)61(73(106)95-38-22-15-23-39-95)46-65(100)90(8)59(43-51(2)3)70(103)86-68/h30,32,44,51-53,55,58-61,68-69H,12-29,31,33-43,45-50H2,1-11H3,(H,84,97)(H,85,98)(H,86,103)/t52-,58-,59-,60-,61-,68-,69-/m0/s1. The van der Waals surface area contributed by atoms with E-state index in [1.807, 2.05) is 25.7 Å². The van der Waals surface area contributed by atoms with E-state index >= 15 is 9.59 Å². The molecule has 0 bridgehead atoms. The van der Waals surface area contributed by atoms with Gasteiger partial charge in [-0.2, -0.15) is 13.2 Å². The number of likely N-dealkylation sites (tertiary alicyclic amines) is 2. The largest absolute Gasteiger partial charge is 0.417 e. The highest BCUT2D eigenvalue weighted by Crippen LogP contribution is 2.37. The van der Waals surface area contributed by atoms with Crippen molar-refractivity contribution in [1.82, 2.24) is 64.9 Å². The summed E-state index contributed by atoms with van der Waals surface area (Å²) in [7, 11) is 9.96. The van der Waals surface area contributed by atoms with Crippen LogP contribution in [0, 0.1) is 23.7 Å². The molecule has 7 atom stereocenters. The number of nitrogens with zero attached hydrogens (tertiary/aromatic N) is 10. The Hall–Kier alpha value is -7.24. The number of alkyl halides is 5. The number of likely N-dealkylation sites (N-methyl/N-ethyl adjacent to an activating group) is 7. The summed E-state index contributed by atoms with van der Waals surface area (Å²) in [5.74, 6) is -11.5. The quantitative estimate of drug-likeness (QED) is 0.146. The van der Waals surface area contributed by atoms with E-state index in [0.29, 0.717) is 45.2 Å².